The molecule has 0 saturated heterocycles. The van der Waals surface area contributed by atoms with E-state index in [1.165, 1.54) is 5.56 Å². The third-order valence-corrected chi connectivity index (χ3v) is 1.58. The molecule has 1 aromatic rings. The van der Waals surface area contributed by atoms with Gasteiger partial charge in [-0.2, -0.15) is 5.54 Å². The molecule has 2 heteroatoms. The summed E-state index contributed by atoms with van der Waals surface area (Å²) in [6.07, 6.45) is 1.79. The minimum Gasteiger partial charge on any atom is -0.159 e. The highest BCUT2D eigenvalue weighted by atomic mass is 19.2. The van der Waals surface area contributed by atoms with Gasteiger partial charge in [0.25, 0.3) is 0 Å². The molecule has 0 aliphatic carbocycles. The van der Waals surface area contributed by atoms with Crippen LogP contribution in [0.4, 0.5) is 4.48 Å². The van der Waals surface area contributed by atoms with Gasteiger partial charge in [-0.25, -0.2) is 0 Å². The summed E-state index contributed by atoms with van der Waals surface area (Å²) in [5, 5.41) is 0. The summed E-state index contributed by atoms with van der Waals surface area (Å²) in [5.74, 6) is 0. The molecule has 0 radical (unpaired) electrons. The van der Waals surface area contributed by atoms with E-state index in [9.17, 15) is 4.48 Å². The van der Waals surface area contributed by atoms with E-state index in [-0.39, 0.29) is 0 Å². The Morgan fingerprint density at radius 3 is 2.55 bits per heavy atom. The molecule has 1 rings (SSSR count). The van der Waals surface area contributed by atoms with E-state index in [2.05, 4.69) is 12.1 Å². The van der Waals surface area contributed by atoms with Gasteiger partial charge in [0.15, 0.2) is 0 Å². The Morgan fingerprint density at radius 2 is 1.91 bits per heavy atom. The standard InChI is InChI=1S/C9H12FN/c10-11-8-4-7-9-5-2-1-3-6-9/h1-3,5-6,11H,4,7-8H2. The number of aryl methyl sites for hydroxylation is 1. The zero-order valence-electron chi connectivity index (χ0n) is 6.39. The van der Waals surface area contributed by atoms with Crippen molar-refractivity contribution < 1.29 is 4.48 Å². The van der Waals surface area contributed by atoms with Crippen LogP contribution in [0.15, 0.2) is 30.3 Å². The first-order valence-electron chi connectivity index (χ1n) is 3.81. The third kappa shape index (κ3) is 3.14. The predicted molar refractivity (Wildman–Crippen MR) is 43.9 cm³/mol. The molecule has 0 aromatic heterocycles. The van der Waals surface area contributed by atoms with Gasteiger partial charge in [-0.05, 0) is 18.4 Å². The molecule has 11 heavy (non-hydrogen) atoms. The molecule has 0 amide bonds. The van der Waals surface area contributed by atoms with Crippen LogP contribution in [0.25, 0.3) is 0 Å². The Morgan fingerprint density at radius 1 is 1.18 bits per heavy atom. The van der Waals surface area contributed by atoms with Crippen LogP contribution in [0.3, 0.4) is 0 Å². The summed E-state index contributed by atoms with van der Waals surface area (Å²) < 4.78 is 11.4. The van der Waals surface area contributed by atoms with Gasteiger partial charge < -0.3 is 0 Å². The molecular weight excluding hydrogens is 141 g/mol. The summed E-state index contributed by atoms with van der Waals surface area (Å²) in [5.41, 5.74) is 2.90. The van der Waals surface area contributed by atoms with E-state index in [0.29, 0.717) is 6.54 Å². The summed E-state index contributed by atoms with van der Waals surface area (Å²) in [6.45, 7) is 0.439. The lowest BCUT2D eigenvalue weighted by Gasteiger charge is -1.97. The smallest absolute Gasteiger partial charge is 0.0262 e. The highest BCUT2D eigenvalue weighted by Gasteiger charge is 1.89. The lowest BCUT2D eigenvalue weighted by Crippen LogP contribution is -2.03. The van der Waals surface area contributed by atoms with Crippen molar-refractivity contribution in [2.24, 2.45) is 0 Å². The average Bonchev–Trinajstić information content (AvgIpc) is 2.07. The molecule has 60 valence electrons. The second kappa shape index (κ2) is 4.85. The number of hydrogen-bond acceptors (Lipinski definition) is 1. The van der Waals surface area contributed by atoms with Gasteiger partial charge >= 0.3 is 0 Å². The first-order chi connectivity index (χ1) is 5.43. The molecular formula is C9H12FN. The van der Waals surface area contributed by atoms with E-state index in [0.717, 1.165) is 12.8 Å². The van der Waals surface area contributed by atoms with Crippen molar-refractivity contribution in [3.8, 4) is 0 Å². The lowest BCUT2D eigenvalue weighted by atomic mass is 10.1. The molecule has 0 aliphatic rings. The van der Waals surface area contributed by atoms with Crippen LogP contribution in [0.2, 0.25) is 0 Å². The minimum atomic E-state index is 0.439. The van der Waals surface area contributed by atoms with Crippen molar-refractivity contribution in [1.82, 2.24) is 5.54 Å². The average molecular weight is 153 g/mol. The van der Waals surface area contributed by atoms with Crippen molar-refractivity contribution in [2.45, 2.75) is 12.8 Å². The molecule has 0 aliphatic heterocycles. The monoisotopic (exact) mass is 153 g/mol. The molecule has 1 nitrogen and oxygen atoms in total. The first kappa shape index (κ1) is 8.21. The van der Waals surface area contributed by atoms with Crippen molar-refractivity contribution in [3.63, 3.8) is 0 Å². The normalized spacial score (nSPS) is 9.91. The maximum Gasteiger partial charge on any atom is 0.0262 e. The molecule has 0 spiro atoms. The van der Waals surface area contributed by atoms with E-state index in [1.807, 2.05) is 18.2 Å². The highest BCUT2D eigenvalue weighted by Crippen LogP contribution is 2.00. The maximum absolute atomic E-state index is 11.4. The van der Waals surface area contributed by atoms with Crippen LogP contribution in [0.1, 0.15) is 12.0 Å². The molecule has 0 atom stereocenters. The second-order valence-corrected chi connectivity index (χ2v) is 2.47. The predicted octanol–water partition coefficient (Wildman–Crippen LogP) is 2.09. The molecule has 0 unspecified atom stereocenters. The summed E-state index contributed by atoms with van der Waals surface area (Å²) in [6, 6.07) is 10.1. The maximum atomic E-state index is 11.4. The van der Waals surface area contributed by atoms with Crippen LogP contribution in [0.5, 0.6) is 0 Å². The van der Waals surface area contributed by atoms with E-state index in [1.54, 1.807) is 5.54 Å². The lowest BCUT2D eigenvalue weighted by molar-refractivity contribution is 0.331. The topological polar surface area (TPSA) is 12.0 Å². The van der Waals surface area contributed by atoms with Crippen molar-refractivity contribution >= 4 is 0 Å². The Bertz CT molecular complexity index is 186. The second-order valence-electron chi connectivity index (χ2n) is 2.47. The zero-order chi connectivity index (χ0) is 7.94. The number of rotatable bonds is 4. The Labute approximate surface area is 66.2 Å². The summed E-state index contributed by atoms with van der Waals surface area (Å²) >= 11 is 0. The quantitative estimate of drug-likeness (QED) is 0.516. The number of benzene rings is 1. The van der Waals surface area contributed by atoms with Gasteiger partial charge in [0, 0.05) is 6.54 Å². The van der Waals surface area contributed by atoms with Gasteiger partial charge in [0.1, 0.15) is 0 Å². The van der Waals surface area contributed by atoms with E-state index >= 15 is 0 Å². The van der Waals surface area contributed by atoms with Crippen molar-refractivity contribution in [1.29, 1.82) is 0 Å². The fraction of sp³-hybridized carbons (Fsp3) is 0.333. The van der Waals surface area contributed by atoms with Crippen LogP contribution >= 0.6 is 0 Å². The Hall–Kier alpha value is -0.890. The summed E-state index contributed by atoms with van der Waals surface area (Å²) in [7, 11) is 0. The van der Waals surface area contributed by atoms with Crippen LogP contribution in [0, 0.1) is 0 Å². The SMILES string of the molecule is FNCCCc1ccccc1. The number of hydrogen-bond donors (Lipinski definition) is 1. The minimum absolute atomic E-state index is 0.439. The van der Waals surface area contributed by atoms with Gasteiger partial charge in [0.2, 0.25) is 0 Å². The Balaban J connectivity index is 2.28. The zero-order valence-corrected chi connectivity index (χ0v) is 6.39. The largest absolute Gasteiger partial charge is 0.159 e. The molecule has 0 saturated carbocycles. The van der Waals surface area contributed by atoms with Crippen LogP contribution < -0.4 is 5.54 Å². The van der Waals surface area contributed by atoms with Crippen molar-refractivity contribution in [3.05, 3.63) is 35.9 Å². The highest BCUT2D eigenvalue weighted by molar-refractivity contribution is 5.14. The van der Waals surface area contributed by atoms with Crippen molar-refractivity contribution in [2.75, 3.05) is 6.54 Å². The molecule has 1 N–H and O–H groups in total. The van der Waals surface area contributed by atoms with E-state index in [4.69, 9.17) is 0 Å². The van der Waals surface area contributed by atoms with Gasteiger partial charge in [0.05, 0.1) is 0 Å². The fourth-order valence-corrected chi connectivity index (χ4v) is 1.00. The molecule has 0 bridgehead atoms. The number of halogens is 1. The molecule has 0 heterocycles. The van der Waals surface area contributed by atoms with Gasteiger partial charge in [-0.15, -0.1) is 4.48 Å². The number of nitrogens with one attached hydrogen (secondary N) is 1. The fourth-order valence-electron chi connectivity index (χ4n) is 1.00. The Kier molecular flexibility index (Phi) is 3.62. The van der Waals surface area contributed by atoms with Crippen LogP contribution in [-0.4, -0.2) is 6.54 Å². The van der Waals surface area contributed by atoms with Gasteiger partial charge in [-0.3, -0.25) is 0 Å². The first-order valence-corrected chi connectivity index (χ1v) is 3.81. The van der Waals surface area contributed by atoms with E-state index < -0.39 is 0 Å². The van der Waals surface area contributed by atoms with Crippen LogP contribution in [-0.2, 0) is 6.42 Å². The van der Waals surface area contributed by atoms with Gasteiger partial charge in [-0.1, -0.05) is 30.3 Å². The molecule has 0 fully saturated rings. The third-order valence-electron chi connectivity index (χ3n) is 1.58. The molecule has 1 aromatic carbocycles. The summed E-state index contributed by atoms with van der Waals surface area (Å²) in [4.78, 5) is 0.